The lowest BCUT2D eigenvalue weighted by Gasteiger charge is -2.52. The zero-order valence-corrected chi connectivity index (χ0v) is 16.8. The third-order valence-electron chi connectivity index (χ3n) is 6.99. The largest absolute Gasteiger partial charge is 0.385 e. The molecule has 3 aromatic rings. The van der Waals surface area contributed by atoms with Gasteiger partial charge in [0.2, 0.25) is 0 Å². The van der Waals surface area contributed by atoms with E-state index in [-0.39, 0.29) is 0 Å². The Kier molecular flexibility index (Phi) is 4.98. The van der Waals surface area contributed by atoms with E-state index in [9.17, 15) is 5.11 Å². The van der Waals surface area contributed by atoms with Crippen molar-refractivity contribution >= 4 is 0 Å². The van der Waals surface area contributed by atoms with Crippen molar-refractivity contribution in [2.24, 2.45) is 5.92 Å². The summed E-state index contributed by atoms with van der Waals surface area (Å²) in [6.45, 7) is 1.89. The van der Waals surface area contributed by atoms with E-state index in [4.69, 9.17) is 0 Å². The van der Waals surface area contributed by atoms with Crippen molar-refractivity contribution in [2.75, 3.05) is 6.54 Å². The molecule has 1 aliphatic carbocycles. The topological polar surface area (TPSA) is 41.3 Å². The molecule has 1 saturated heterocycles. The zero-order valence-electron chi connectivity index (χ0n) is 16.8. The molecule has 29 heavy (non-hydrogen) atoms. The van der Waals surface area contributed by atoms with E-state index < -0.39 is 5.60 Å². The maximum Gasteiger partial charge on any atom is 0.0991 e. The van der Waals surface area contributed by atoms with Crippen LogP contribution in [0.25, 0.3) is 5.69 Å². The molecule has 1 N–H and O–H groups in total. The van der Waals surface area contributed by atoms with Crippen molar-refractivity contribution < 1.29 is 5.11 Å². The number of hydrogen-bond acceptors (Lipinski definition) is 3. The molecule has 4 nitrogen and oxygen atoms in total. The first-order valence-corrected chi connectivity index (χ1v) is 10.8. The molecule has 5 rings (SSSR count). The van der Waals surface area contributed by atoms with E-state index in [2.05, 4.69) is 58.4 Å². The second-order valence-electron chi connectivity index (χ2n) is 8.61. The quantitative estimate of drug-likeness (QED) is 0.715. The Morgan fingerprint density at radius 3 is 2.55 bits per heavy atom. The predicted octanol–water partition coefficient (Wildman–Crippen LogP) is 4.52. The average molecular weight is 388 g/mol. The normalized spacial score (nSPS) is 27.5. The fourth-order valence-corrected chi connectivity index (χ4v) is 5.47. The highest BCUT2D eigenvalue weighted by atomic mass is 16.3. The number of piperidine rings is 1. The van der Waals surface area contributed by atoms with Crippen LogP contribution in [0.15, 0.2) is 73.3 Å². The van der Waals surface area contributed by atoms with Gasteiger partial charge in [-0.1, -0.05) is 55.3 Å². The summed E-state index contributed by atoms with van der Waals surface area (Å²) < 4.78 is 2.03. The van der Waals surface area contributed by atoms with E-state index in [1.165, 1.54) is 24.8 Å². The Labute approximate surface area is 172 Å². The molecule has 3 atom stereocenters. The van der Waals surface area contributed by atoms with Crippen molar-refractivity contribution in [3.8, 4) is 5.69 Å². The molecule has 0 radical (unpaired) electrons. The average Bonchev–Trinajstić information content (AvgIpc) is 3.32. The molecule has 0 unspecified atom stereocenters. The highest BCUT2D eigenvalue weighted by Gasteiger charge is 2.48. The fourth-order valence-electron chi connectivity index (χ4n) is 5.47. The first-order valence-electron chi connectivity index (χ1n) is 10.8. The minimum absolute atomic E-state index is 0.317. The number of hydrogen-bond donors (Lipinski definition) is 1. The Hall–Kier alpha value is -2.43. The van der Waals surface area contributed by atoms with Gasteiger partial charge in [0, 0.05) is 43.1 Å². The molecule has 2 heterocycles. The van der Waals surface area contributed by atoms with Gasteiger partial charge in [-0.2, -0.15) is 0 Å². The van der Waals surface area contributed by atoms with Crippen LogP contribution in [0.1, 0.15) is 43.2 Å². The van der Waals surface area contributed by atoms with Gasteiger partial charge in [-0.05, 0) is 42.5 Å². The first-order chi connectivity index (χ1) is 14.2. The Morgan fingerprint density at radius 1 is 1.00 bits per heavy atom. The van der Waals surface area contributed by atoms with Crippen LogP contribution in [0.4, 0.5) is 0 Å². The van der Waals surface area contributed by atoms with Gasteiger partial charge in [0.05, 0.1) is 11.9 Å². The summed E-state index contributed by atoms with van der Waals surface area (Å²) in [6.07, 6.45) is 11.2. The zero-order chi connectivity index (χ0) is 19.7. The number of aliphatic hydroxyl groups is 1. The third kappa shape index (κ3) is 3.52. The van der Waals surface area contributed by atoms with Crippen LogP contribution in [-0.4, -0.2) is 32.1 Å². The van der Waals surface area contributed by atoms with Gasteiger partial charge in [-0.3, -0.25) is 4.90 Å². The van der Waals surface area contributed by atoms with E-state index in [1.54, 1.807) is 6.20 Å². The molecule has 0 amide bonds. The van der Waals surface area contributed by atoms with Crippen LogP contribution in [0.3, 0.4) is 0 Å². The lowest BCUT2D eigenvalue weighted by Crippen LogP contribution is -2.57. The summed E-state index contributed by atoms with van der Waals surface area (Å²) in [5, 5.41) is 11.7. The number of fused-ring (bicyclic) bond motifs is 1. The lowest BCUT2D eigenvalue weighted by molar-refractivity contribution is -0.123. The van der Waals surface area contributed by atoms with E-state index in [0.29, 0.717) is 12.0 Å². The van der Waals surface area contributed by atoms with Crippen molar-refractivity contribution in [3.63, 3.8) is 0 Å². The molecular weight excluding hydrogens is 358 g/mol. The molecule has 2 fully saturated rings. The van der Waals surface area contributed by atoms with Crippen LogP contribution in [0, 0.1) is 5.92 Å². The minimum Gasteiger partial charge on any atom is -0.385 e. The van der Waals surface area contributed by atoms with Crippen LogP contribution >= 0.6 is 0 Å². The molecular formula is C25H29N3O. The van der Waals surface area contributed by atoms with Gasteiger partial charge in [0.15, 0.2) is 0 Å². The maximum atomic E-state index is 11.7. The molecule has 0 spiro atoms. The predicted molar refractivity (Wildman–Crippen MR) is 115 cm³/mol. The number of aromatic nitrogens is 2. The summed E-state index contributed by atoms with van der Waals surface area (Å²) in [5.74, 6) is 0.317. The SMILES string of the molecule is O[C@@]1(c2ccccc2)CCN(Cc2ccc(-n3ccnc3)cc2)[C@@H]2CCCC[C@@H]21. The summed E-state index contributed by atoms with van der Waals surface area (Å²) >= 11 is 0. The maximum absolute atomic E-state index is 11.7. The Bertz CT molecular complexity index is 922. The van der Waals surface area contributed by atoms with Gasteiger partial charge in [0.25, 0.3) is 0 Å². The van der Waals surface area contributed by atoms with E-state index in [0.717, 1.165) is 37.2 Å². The molecule has 1 aromatic heterocycles. The summed E-state index contributed by atoms with van der Waals surface area (Å²) in [5.41, 5.74) is 2.89. The minimum atomic E-state index is -0.686. The van der Waals surface area contributed by atoms with Crippen molar-refractivity contribution in [1.29, 1.82) is 0 Å². The smallest absolute Gasteiger partial charge is 0.0991 e. The number of imidazole rings is 1. The van der Waals surface area contributed by atoms with Crippen LogP contribution in [-0.2, 0) is 12.1 Å². The molecule has 0 bridgehead atoms. The Balaban J connectivity index is 1.35. The Morgan fingerprint density at radius 2 is 1.79 bits per heavy atom. The fraction of sp³-hybridized carbons (Fsp3) is 0.400. The summed E-state index contributed by atoms with van der Waals surface area (Å²) in [4.78, 5) is 6.75. The molecule has 2 aromatic carbocycles. The monoisotopic (exact) mass is 387 g/mol. The van der Waals surface area contributed by atoms with Crippen LogP contribution in [0.5, 0.6) is 0 Å². The third-order valence-corrected chi connectivity index (χ3v) is 6.99. The molecule has 2 aliphatic rings. The first kappa shape index (κ1) is 18.6. The molecule has 1 aliphatic heterocycles. The number of benzene rings is 2. The molecule has 150 valence electrons. The standard InChI is InChI=1S/C25H29N3O/c29-25(21-6-2-1-3-7-21)14-16-27(24-9-5-4-8-23(24)25)18-20-10-12-22(13-11-20)28-17-15-26-19-28/h1-3,6-7,10-13,15,17,19,23-24,29H,4-5,8-9,14,16,18H2/t23-,24+,25+/m0/s1. The van der Waals surface area contributed by atoms with Crippen molar-refractivity contribution in [3.05, 3.63) is 84.4 Å². The number of rotatable bonds is 4. The van der Waals surface area contributed by atoms with Crippen molar-refractivity contribution in [2.45, 2.75) is 50.3 Å². The molecule has 4 heteroatoms. The second kappa shape index (κ2) is 7.77. The molecule has 1 saturated carbocycles. The summed E-state index contributed by atoms with van der Waals surface area (Å²) in [7, 11) is 0. The highest BCUT2D eigenvalue weighted by Crippen LogP contribution is 2.47. The number of likely N-dealkylation sites (tertiary alicyclic amines) is 1. The van der Waals surface area contributed by atoms with Gasteiger partial charge < -0.3 is 9.67 Å². The van der Waals surface area contributed by atoms with Gasteiger partial charge >= 0.3 is 0 Å². The lowest BCUT2D eigenvalue weighted by atomic mass is 9.66. The van der Waals surface area contributed by atoms with Gasteiger partial charge in [-0.25, -0.2) is 4.98 Å². The van der Waals surface area contributed by atoms with Crippen LogP contribution < -0.4 is 0 Å². The van der Waals surface area contributed by atoms with Gasteiger partial charge in [0.1, 0.15) is 0 Å². The number of nitrogens with zero attached hydrogens (tertiary/aromatic N) is 3. The van der Waals surface area contributed by atoms with Crippen LogP contribution in [0.2, 0.25) is 0 Å². The van der Waals surface area contributed by atoms with E-state index in [1.807, 2.05) is 23.2 Å². The van der Waals surface area contributed by atoms with Crippen molar-refractivity contribution in [1.82, 2.24) is 14.5 Å². The summed E-state index contributed by atoms with van der Waals surface area (Å²) in [6, 6.07) is 19.6. The van der Waals surface area contributed by atoms with Gasteiger partial charge in [-0.15, -0.1) is 0 Å². The van der Waals surface area contributed by atoms with E-state index >= 15 is 0 Å². The second-order valence-corrected chi connectivity index (χ2v) is 8.61. The highest BCUT2D eigenvalue weighted by molar-refractivity contribution is 5.34.